The monoisotopic (exact) mass is 232 g/mol. The summed E-state index contributed by atoms with van der Waals surface area (Å²) in [5.74, 6) is 0. The van der Waals surface area contributed by atoms with Crippen molar-refractivity contribution < 1.29 is 5.11 Å². The van der Waals surface area contributed by atoms with E-state index < -0.39 is 5.60 Å². The van der Waals surface area contributed by atoms with E-state index in [9.17, 15) is 5.11 Å². The lowest BCUT2D eigenvalue weighted by molar-refractivity contribution is 0.0734. The maximum atomic E-state index is 9.86. The number of rotatable bonds is 3. The van der Waals surface area contributed by atoms with E-state index >= 15 is 0 Å². The van der Waals surface area contributed by atoms with E-state index in [0.29, 0.717) is 12.2 Å². The second-order valence-electron chi connectivity index (χ2n) is 4.38. The first kappa shape index (κ1) is 11.8. The van der Waals surface area contributed by atoms with Crippen LogP contribution in [0.1, 0.15) is 25.2 Å². The van der Waals surface area contributed by atoms with E-state index in [4.69, 9.17) is 5.73 Å². The van der Waals surface area contributed by atoms with Crippen LogP contribution in [0.3, 0.4) is 0 Å². The molecule has 90 valence electrons. The summed E-state index contributed by atoms with van der Waals surface area (Å²) in [6.45, 7) is 3.76. The van der Waals surface area contributed by atoms with Gasteiger partial charge in [-0.3, -0.25) is 4.98 Å². The van der Waals surface area contributed by atoms with Crippen LogP contribution < -0.4 is 5.73 Å². The summed E-state index contributed by atoms with van der Waals surface area (Å²) in [5.41, 5.74) is 6.91. The molecule has 5 heteroatoms. The van der Waals surface area contributed by atoms with Crippen LogP contribution in [0.4, 0.5) is 0 Å². The molecule has 0 radical (unpaired) electrons. The number of nitrogens with two attached hydrogens (primary N) is 1. The summed E-state index contributed by atoms with van der Waals surface area (Å²) in [4.78, 5) is 4.20. The first-order valence-electron chi connectivity index (χ1n) is 5.45. The molecule has 0 unspecified atom stereocenters. The molecule has 5 nitrogen and oxygen atoms in total. The molecule has 0 saturated heterocycles. The lowest BCUT2D eigenvalue weighted by atomic mass is 10.1. The van der Waals surface area contributed by atoms with E-state index in [2.05, 4.69) is 10.1 Å². The van der Waals surface area contributed by atoms with Crippen LogP contribution in [0.2, 0.25) is 0 Å². The largest absolute Gasteiger partial charge is 0.384 e. The molecule has 0 bridgehead atoms. The summed E-state index contributed by atoms with van der Waals surface area (Å²) < 4.78 is 1.68. The Morgan fingerprint density at radius 3 is 2.76 bits per heavy atom. The third-order valence-corrected chi connectivity index (χ3v) is 2.52. The molecule has 2 aromatic heterocycles. The zero-order valence-electron chi connectivity index (χ0n) is 9.96. The number of aromatic nitrogens is 3. The number of aliphatic hydroxyl groups is 1. The lowest BCUT2D eigenvalue weighted by Gasteiger charge is -2.13. The number of hydrogen-bond acceptors (Lipinski definition) is 4. The molecule has 0 saturated carbocycles. The summed E-state index contributed by atoms with van der Waals surface area (Å²) in [5, 5.41) is 14.2. The average Bonchev–Trinajstić information content (AvgIpc) is 2.77. The zero-order chi connectivity index (χ0) is 12.5. The Morgan fingerprint density at radius 1 is 1.41 bits per heavy atom. The van der Waals surface area contributed by atoms with Crippen molar-refractivity contribution in [3.63, 3.8) is 0 Å². The van der Waals surface area contributed by atoms with E-state index in [1.54, 1.807) is 37.0 Å². The maximum absolute atomic E-state index is 9.86. The molecule has 0 aliphatic carbocycles. The van der Waals surface area contributed by atoms with Gasteiger partial charge in [0.15, 0.2) is 0 Å². The summed E-state index contributed by atoms with van der Waals surface area (Å²) in [6.07, 6.45) is 3.50. The third kappa shape index (κ3) is 2.35. The van der Waals surface area contributed by atoms with Gasteiger partial charge < -0.3 is 10.8 Å². The van der Waals surface area contributed by atoms with Crippen LogP contribution in [0.25, 0.3) is 5.69 Å². The minimum atomic E-state index is -0.948. The molecule has 0 amide bonds. The molecule has 2 aromatic rings. The van der Waals surface area contributed by atoms with Gasteiger partial charge in [0, 0.05) is 18.9 Å². The van der Waals surface area contributed by atoms with Crippen molar-refractivity contribution in [1.29, 1.82) is 0 Å². The van der Waals surface area contributed by atoms with Gasteiger partial charge in [-0.2, -0.15) is 5.10 Å². The molecule has 0 aromatic carbocycles. The van der Waals surface area contributed by atoms with E-state index in [-0.39, 0.29) is 0 Å². The first-order chi connectivity index (χ1) is 8.02. The fourth-order valence-electron chi connectivity index (χ4n) is 1.58. The fraction of sp³-hybridized carbons (Fsp3) is 0.333. The van der Waals surface area contributed by atoms with Gasteiger partial charge in [-0.15, -0.1) is 0 Å². The minimum Gasteiger partial charge on any atom is -0.384 e. The lowest BCUT2D eigenvalue weighted by Crippen LogP contribution is -2.17. The Labute approximate surface area is 99.9 Å². The van der Waals surface area contributed by atoms with E-state index in [1.165, 1.54) is 0 Å². The Bertz CT molecular complexity index is 513. The zero-order valence-corrected chi connectivity index (χ0v) is 9.96. The van der Waals surface area contributed by atoms with Crippen LogP contribution >= 0.6 is 0 Å². The molecule has 0 aliphatic heterocycles. The number of nitrogens with zero attached hydrogens (tertiary/aromatic N) is 3. The molecule has 3 N–H and O–H groups in total. The highest BCUT2D eigenvalue weighted by molar-refractivity contribution is 5.35. The van der Waals surface area contributed by atoms with Crippen LogP contribution in [-0.4, -0.2) is 19.9 Å². The van der Waals surface area contributed by atoms with Gasteiger partial charge in [-0.25, -0.2) is 4.68 Å². The number of pyridine rings is 1. The van der Waals surface area contributed by atoms with Crippen molar-refractivity contribution >= 4 is 0 Å². The maximum Gasteiger partial charge on any atom is 0.103 e. The fourth-order valence-corrected chi connectivity index (χ4v) is 1.58. The Morgan fingerprint density at radius 2 is 2.18 bits per heavy atom. The molecule has 17 heavy (non-hydrogen) atoms. The molecule has 0 atom stereocenters. The highest BCUT2D eigenvalue weighted by Gasteiger charge is 2.19. The van der Waals surface area contributed by atoms with Crippen molar-refractivity contribution in [1.82, 2.24) is 14.8 Å². The van der Waals surface area contributed by atoms with Crippen molar-refractivity contribution in [2.75, 3.05) is 0 Å². The summed E-state index contributed by atoms with van der Waals surface area (Å²) >= 11 is 0. The quantitative estimate of drug-likeness (QED) is 0.826. The Kier molecular flexibility index (Phi) is 2.95. The summed E-state index contributed by atoms with van der Waals surface area (Å²) in [6, 6.07) is 5.52. The normalized spacial score (nSPS) is 11.8. The van der Waals surface area contributed by atoms with Crippen molar-refractivity contribution in [3.05, 3.63) is 42.0 Å². The van der Waals surface area contributed by atoms with Gasteiger partial charge in [0.05, 0.1) is 17.1 Å². The van der Waals surface area contributed by atoms with Crippen LogP contribution in [0, 0.1) is 0 Å². The molecular formula is C12H16N4O. The predicted molar refractivity (Wildman–Crippen MR) is 64.5 cm³/mol. The van der Waals surface area contributed by atoms with Crippen LogP contribution in [0.15, 0.2) is 30.6 Å². The number of hydrogen-bond donors (Lipinski definition) is 2. The van der Waals surface area contributed by atoms with Crippen molar-refractivity contribution in [2.45, 2.75) is 26.0 Å². The van der Waals surface area contributed by atoms with Crippen LogP contribution in [-0.2, 0) is 12.1 Å². The standard InChI is InChI=1S/C12H16N4O/c1-12(2,17)11-5-7-16(15-11)10-4-3-6-14-9(10)8-13/h3-7,17H,8,13H2,1-2H3. The molecule has 0 fully saturated rings. The smallest absolute Gasteiger partial charge is 0.103 e. The SMILES string of the molecule is CC(C)(O)c1ccn(-c2cccnc2CN)n1. The van der Waals surface area contributed by atoms with Gasteiger partial charge in [0.25, 0.3) is 0 Å². The average molecular weight is 232 g/mol. The molecule has 2 heterocycles. The summed E-state index contributed by atoms with van der Waals surface area (Å²) in [7, 11) is 0. The van der Waals surface area contributed by atoms with E-state index in [0.717, 1.165) is 11.4 Å². The minimum absolute atomic E-state index is 0.355. The van der Waals surface area contributed by atoms with Crippen molar-refractivity contribution in [2.24, 2.45) is 5.73 Å². The third-order valence-electron chi connectivity index (χ3n) is 2.52. The molecule has 2 rings (SSSR count). The topological polar surface area (TPSA) is 77.0 Å². The molecule has 0 spiro atoms. The first-order valence-corrected chi connectivity index (χ1v) is 5.45. The predicted octanol–water partition coefficient (Wildman–Crippen LogP) is 0.953. The van der Waals surface area contributed by atoms with Gasteiger partial charge >= 0.3 is 0 Å². The second-order valence-corrected chi connectivity index (χ2v) is 4.38. The Balaban J connectivity index is 2.44. The van der Waals surface area contributed by atoms with Crippen molar-refractivity contribution in [3.8, 4) is 5.69 Å². The van der Waals surface area contributed by atoms with Gasteiger partial charge in [0.1, 0.15) is 5.60 Å². The van der Waals surface area contributed by atoms with Crippen LogP contribution in [0.5, 0.6) is 0 Å². The van der Waals surface area contributed by atoms with E-state index in [1.807, 2.05) is 12.1 Å². The second kappa shape index (κ2) is 4.27. The Hall–Kier alpha value is -1.72. The van der Waals surface area contributed by atoms with Gasteiger partial charge in [0.2, 0.25) is 0 Å². The van der Waals surface area contributed by atoms with Gasteiger partial charge in [-0.05, 0) is 32.0 Å². The molecular weight excluding hydrogens is 216 g/mol. The highest BCUT2D eigenvalue weighted by atomic mass is 16.3. The van der Waals surface area contributed by atoms with Gasteiger partial charge in [-0.1, -0.05) is 0 Å². The highest BCUT2D eigenvalue weighted by Crippen LogP contribution is 2.19. The molecule has 0 aliphatic rings.